The topological polar surface area (TPSA) is 47.1 Å². The lowest BCUT2D eigenvalue weighted by atomic mass is 10.1. The van der Waals surface area contributed by atoms with Crippen molar-refractivity contribution in [3.63, 3.8) is 0 Å². The molecule has 0 radical (unpaired) electrons. The van der Waals surface area contributed by atoms with E-state index >= 15 is 0 Å². The maximum Gasteiger partial charge on any atom is 0.0538 e. The lowest BCUT2D eigenvalue weighted by molar-refractivity contribution is 0.189. The van der Waals surface area contributed by atoms with Gasteiger partial charge in [-0.05, 0) is 12.5 Å². The molecular formula is C12H24N4. The minimum atomic E-state index is 0.293. The first-order chi connectivity index (χ1) is 7.58. The Balaban J connectivity index is 2.78. The first-order valence-corrected chi connectivity index (χ1v) is 6.01. The minimum absolute atomic E-state index is 0.293. The molecule has 0 saturated carbocycles. The Kier molecular flexibility index (Phi) is 4.96. The van der Waals surface area contributed by atoms with Gasteiger partial charge in [-0.25, -0.2) is 0 Å². The van der Waals surface area contributed by atoms with Crippen molar-refractivity contribution >= 4 is 0 Å². The third kappa shape index (κ3) is 3.32. The first-order valence-electron chi connectivity index (χ1n) is 6.01. The quantitative estimate of drug-likeness (QED) is 0.794. The molecule has 16 heavy (non-hydrogen) atoms. The van der Waals surface area contributed by atoms with E-state index in [9.17, 15) is 0 Å². The Morgan fingerprint density at radius 1 is 1.50 bits per heavy atom. The Morgan fingerprint density at radius 3 is 2.56 bits per heavy atom. The van der Waals surface area contributed by atoms with Crippen molar-refractivity contribution < 1.29 is 0 Å². The summed E-state index contributed by atoms with van der Waals surface area (Å²) in [7, 11) is 1.94. The molecule has 4 nitrogen and oxygen atoms in total. The average molecular weight is 224 g/mol. The molecule has 0 saturated heterocycles. The van der Waals surface area contributed by atoms with Gasteiger partial charge in [0.25, 0.3) is 0 Å². The van der Waals surface area contributed by atoms with Crippen LogP contribution >= 0.6 is 0 Å². The van der Waals surface area contributed by atoms with Gasteiger partial charge in [0.2, 0.25) is 0 Å². The van der Waals surface area contributed by atoms with E-state index < -0.39 is 0 Å². The second-order valence-corrected chi connectivity index (χ2v) is 4.68. The Hall–Kier alpha value is -0.870. The second kappa shape index (κ2) is 6.01. The molecule has 1 aromatic rings. The van der Waals surface area contributed by atoms with Crippen molar-refractivity contribution in [3.05, 3.63) is 18.0 Å². The Bertz CT molecular complexity index is 306. The molecule has 0 aliphatic heterocycles. The van der Waals surface area contributed by atoms with E-state index in [1.165, 1.54) is 5.56 Å². The summed E-state index contributed by atoms with van der Waals surface area (Å²) in [5.41, 5.74) is 7.10. The molecule has 1 heterocycles. The van der Waals surface area contributed by atoms with Crippen LogP contribution in [0.3, 0.4) is 0 Å². The molecule has 0 aliphatic carbocycles. The zero-order valence-electron chi connectivity index (χ0n) is 10.8. The van der Waals surface area contributed by atoms with Gasteiger partial charge in [0.1, 0.15) is 0 Å². The summed E-state index contributed by atoms with van der Waals surface area (Å²) in [5, 5.41) is 4.22. The van der Waals surface area contributed by atoms with Crippen molar-refractivity contribution in [2.45, 2.75) is 26.8 Å². The number of nitrogens with zero attached hydrogens (tertiary/aromatic N) is 3. The van der Waals surface area contributed by atoms with Crippen LogP contribution < -0.4 is 5.73 Å². The monoisotopic (exact) mass is 224 g/mol. The predicted molar refractivity (Wildman–Crippen MR) is 67.1 cm³/mol. The molecule has 1 atom stereocenters. The zero-order valence-corrected chi connectivity index (χ0v) is 10.8. The van der Waals surface area contributed by atoms with Crippen LogP contribution in [-0.2, 0) is 7.05 Å². The second-order valence-electron chi connectivity index (χ2n) is 4.68. The van der Waals surface area contributed by atoms with E-state index in [2.05, 4.69) is 37.0 Å². The summed E-state index contributed by atoms with van der Waals surface area (Å²) < 4.78 is 1.83. The third-order valence-corrected chi connectivity index (χ3v) is 2.78. The van der Waals surface area contributed by atoms with Crippen LogP contribution in [0.4, 0.5) is 0 Å². The normalized spacial score (nSPS) is 13.7. The lowest BCUT2D eigenvalue weighted by Crippen LogP contribution is -2.36. The molecule has 92 valence electrons. The first kappa shape index (κ1) is 13.2. The molecule has 4 heteroatoms. The molecule has 1 rings (SSSR count). The zero-order chi connectivity index (χ0) is 12.1. The summed E-state index contributed by atoms with van der Waals surface area (Å²) in [5.74, 6) is 0.658. The number of aromatic nitrogens is 2. The highest BCUT2D eigenvalue weighted by Crippen LogP contribution is 2.19. The van der Waals surface area contributed by atoms with Gasteiger partial charge in [0.05, 0.1) is 12.2 Å². The fraction of sp³-hybridized carbons (Fsp3) is 0.750. The largest absolute Gasteiger partial charge is 0.329 e. The van der Waals surface area contributed by atoms with Crippen LogP contribution in [0.1, 0.15) is 32.4 Å². The smallest absolute Gasteiger partial charge is 0.0538 e. The van der Waals surface area contributed by atoms with Crippen LogP contribution in [0, 0.1) is 5.92 Å². The Morgan fingerprint density at radius 2 is 2.19 bits per heavy atom. The number of rotatable bonds is 6. The van der Waals surface area contributed by atoms with Gasteiger partial charge in [-0.15, -0.1) is 0 Å². The average Bonchev–Trinajstić information content (AvgIpc) is 2.64. The molecule has 0 aliphatic rings. The van der Waals surface area contributed by atoms with Crippen molar-refractivity contribution in [2.75, 3.05) is 19.6 Å². The molecular weight excluding hydrogens is 200 g/mol. The number of likely N-dealkylation sites (N-methyl/N-ethyl adjacent to an activating group) is 1. The summed E-state index contributed by atoms with van der Waals surface area (Å²) >= 11 is 0. The van der Waals surface area contributed by atoms with E-state index in [-0.39, 0.29) is 0 Å². The van der Waals surface area contributed by atoms with Crippen LogP contribution in [0.15, 0.2) is 12.4 Å². The highest BCUT2D eigenvalue weighted by Gasteiger charge is 2.19. The lowest BCUT2D eigenvalue weighted by Gasteiger charge is -2.30. The van der Waals surface area contributed by atoms with Crippen molar-refractivity contribution in [3.8, 4) is 0 Å². The highest BCUT2D eigenvalue weighted by atomic mass is 15.2. The van der Waals surface area contributed by atoms with Crippen molar-refractivity contribution in [1.29, 1.82) is 0 Å². The molecule has 2 N–H and O–H groups in total. The summed E-state index contributed by atoms with van der Waals surface area (Å²) in [6, 6.07) is 0.293. The van der Waals surface area contributed by atoms with Gasteiger partial charge in [-0.2, -0.15) is 5.10 Å². The van der Waals surface area contributed by atoms with Gasteiger partial charge in [0, 0.05) is 31.9 Å². The predicted octanol–water partition coefficient (Wildman–Crippen LogP) is 1.40. The van der Waals surface area contributed by atoms with Gasteiger partial charge in [-0.3, -0.25) is 9.58 Å². The number of nitrogens with two attached hydrogens (primary N) is 1. The molecule has 0 fully saturated rings. The Labute approximate surface area is 98.4 Å². The maximum absolute atomic E-state index is 5.89. The van der Waals surface area contributed by atoms with Gasteiger partial charge in [-0.1, -0.05) is 20.8 Å². The van der Waals surface area contributed by atoms with Crippen molar-refractivity contribution in [1.82, 2.24) is 14.7 Å². The van der Waals surface area contributed by atoms with E-state index in [4.69, 9.17) is 5.73 Å². The summed E-state index contributed by atoms with van der Waals surface area (Å²) in [6.45, 7) is 9.40. The summed E-state index contributed by atoms with van der Waals surface area (Å²) in [4.78, 5) is 2.42. The molecule has 1 unspecified atom stereocenters. The molecule has 0 amide bonds. The fourth-order valence-electron chi connectivity index (χ4n) is 2.05. The van der Waals surface area contributed by atoms with Crippen LogP contribution in [-0.4, -0.2) is 34.3 Å². The number of hydrogen-bond acceptors (Lipinski definition) is 3. The minimum Gasteiger partial charge on any atom is -0.329 e. The van der Waals surface area contributed by atoms with Crippen LogP contribution in [0.25, 0.3) is 0 Å². The standard InChI is InChI=1S/C12H24N4/c1-5-16(8-10(2)3)12(6-13)11-7-14-15(4)9-11/h7,9-10,12H,5-6,8,13H2,1-4H3. The summed E-state index contributed by atoms with van der Waals surface area (Å²) in [6.07, 6.45) is 3.97. The van der Waals surface area contributed by atoms with E-state index in [1.54, 1.807) is 0 Å². The van der Waals surface area contributed by atoms with Crippen LogP contribution in [0.2, 0.25) is 0 Å². The van der Waals surface area contributed by atoms with Crippen molar-refractivity contribution in [2.24, 2.45) is 18.7 Å². The molecule has 1 aromatic heterocycles. The molecule has 0 spiro atoms. The SMILES string of the molecule is CCN(CC(C)C)C(CN)c1cnn(C)c1. The molecule has 0 aromatic carbocycles. The van der Waals surface area contributed by atoms with Gasteiger partial charge in [0.15, 0.2) is 0 Å². The number of hydrogen-bond donors (Lipinski definition) is 1. The van der Waals surface area contributed by atoms with E-state index in [0.29, 0.717) is 18.5 Å². The van der Waals surface area contributed by atoms with E-state index in [1.807, 2.05) is 17.9 Å². The highest BCUT2D eigenvalue weighted by molar-refractivity contribution is 5.11. The third-order valence-electron chi connectivity index (χ3n) is 2.78. The maximum atomic E-state index is 5.89. The van der Waals surface area contributed by atoms with Crippen LogP contribution in [0.5, 0.6) is 0 Å². The van der Waals surface area contributed by atoms with E-state index in [0.717, 1.165) is 13.1 Å². The van der Waals surface area contributed by atoms with Gasteiger partial charge >= 0.3 is 0 Å². The molecule has 0 bridgehead atoms. The van der Waals surface area contributed by atoms with Gasteiger partial charge < -0.3 is 5.73 Å². The number of aryl methyl sites for hydroxylation is 1. The fourth-order valence-corrected chi connectivity index (χ4v) is 2.05.